The molecule has 1 aliphatic rings. The fourth-order valence-corrected chi connectivity index (χ4v) is 2.34. The molecule has 1 saturated heterocycles. The summed E-state index contributed by atoms with van der Waals surface area (Å²) in [6.07, 6.45) is 0.748. The van der Waals surface area contributed by atoms with Crippen molar-refractivity contribution in [2.75, 3.05) is 13.1 Å². The molecule has 2 amide bonds. The fourth-order valence-electron chi connectivity index (χ4n) is 2.34. The van der Waals surface area contributed by atoms with Gasteiger partial charge in [-0.05, 0) is 25.5 Å². The third-order valence-electron chi connectivity index (χ3n) is 3.27. The number of aryl methyl sites for hydroxylation is 1. The van der Waals surface area contributed by atoms with Crippen molar-refractivity contribution >= 4 is 11.8 Å². The lowest BCUT2D eigenvalue weighted by Crippen LogP contribution is -2.37. The van der Waals surface area contributed by atoms with Crippen LogP contribution in [0.25, 0.3) is 0 Å². The summed E-state index contributed by atoms with van der Waals surface area (Å²) in [5.74, 6) is -0.273. The van der Waals surface area contributed by atoms with Gasteiger partial charge in [-0.3, -0.25) is 9.59 Å². The molecule has 1 atom stereocenters. The molecule has 19 heavy (non-hydrogen) atoms. The Hall–Kier alpha value is -2.04. The summed E-state index contributed by atoms with van der Waals surface area (Å²) in [4.78, 5) is 25.0. The second kappa shape index (κ2) is 5.30. The number of hydrogen-bond acceptors (Lipinski definition) is 3. The molecule has 0 aromatic heterocycles. The van der Waals surface area contributed by atoms with E-state index in [4.69, 9.17) is 0 Å². The number of likely N-dealkylation sites (tertiary alicyclic amines) is 1. The number of carbonyl (C=O) groups is 2. The molecule has 2 N–H and O–H groups in total. The van der Waals surface area contributed by atoms with Crippen molar-refractivity contribution in [2.24, 2.45) is 0 Å². The molecule has 0 saturated carbocycles. The smallest absolute Gasteiger partial charge is 0.257 e. The van der Waals surface area contributed by atoms with Crippen LogP contribution in [-0.4, -0.2) is 41.0 Å². The Morgan fingerprint density at radius 1 is 1.42 bits per heavy atom. The summed E-state index contributed by atoms with van der Waals surface area (Å²) in [6.45, 7) is 4.43. The van der Waals surface area contributed by atoms with Gasteiger partial charge in [0.05, 0.1) is 5.56 Å². The second-order valence-electron chi connectivity index (χ2n) is 4.96. The molecular weight excluding hydrogens is 244 g/mol. The topological polar surface area (TPSA) is 69.6 Å². The Morgan fingerprint density at radius 2 is 2.16 bits per heavy atom. The summed E-state index contributed by atoms with van der Waals surface area (Å²) < 4.78 is 0. The molecule has 1 aromatic carbocycles. The van der Waals surface area contributed by atoms with E-state index in [-0.39, 0.29) is 23.6 Å². The molecule has 1 unspecified atom stereocenters. The van der Waals surface area contributed by atoms with Crippen LogP contribution in [-0.2, 0) is 4.79 Å². The van der Waals surface area contributed by atoms with Crippen molar-refractivity contribution in [3.63, 3.8) is 0 Å². The first-order valence-electron chi connectivity index (χ1n) is 6.33. The lowest BCUT2D eigenvalue weighted by atomic mass is 10.1. The Labute approximate surface area is 112 Å². The molecule has 5 nitrogen and oxygen atoms in total. The van der Waals surface area contributed by atoms with E-state index in [0.29, 0.717) is 18.7 Å². The van der Waals surface area contributed by atoms with Gasteiger partial charge in [0.25, 0.3) is 5.91 Å². The zero-order chi connectivity index (χ0) is 14.0. The molecule has 1 heterocycles. The van der Waals surface area contributed by atoms with Gasteiger partial charge in [-0.15, -0.1) is 0 Å². The SMILES string of the molecule is CC(=O)NC1CCN(C(=O)c2cc(C)ccc2O)C1. The average Bonchev–Trinajstić information content (AvgIpc) is 2.79. The first-order valence-corrected chi connectivity index (χ1v) is 6.33. The normalized spacial score (nSPS) is 18.4. The van der Waals surface area contributed by atoms with Crippen LogP contribution in [0, 0.1) is 6.92 Å². The van der Waals surface area contributed by atoms with E-state index in [1.807, 2.05) is 6.92 Å². The first-order chi connectivity index (χ1) is 8.97. The lowest BCUT2D eigenvalue weighted by molar-refractivity contribution is -0.119. The van der Waals surface area contributed by atoms with Gasteiger partial charge in [0.1, 0.15) is 5.75 Å². The van der Waals surface area contributed by atoms with Gasteiger partial charge in [0.15, 0.2) is 0 Å². The first kappa shape index (κ1) is 13.4. The molecule has 1 fully saturated rings. The Bertz CT molecular complexity index is 513. The van der Waals surface area contributed by atoms with E-state index in [9.17, 15) is 14.7 Å². The van der Waals surface area contributed by atoms with Gasteiger partial charge in [-0.1, -0.05) is 11.6 Å². The van der Waals surface area contributed by atoms with Gasteiger partial charge in [0.2, 0.25) is 5.91 Å². The van der Waals surface area contributed by atoms with E-state index in [2.05, 4.69) is 5.32 Å². The maximum atomic E-state index is 12.3. The number of benzene rings is 1. The third-order valence-corrected chi connectivity index (χ3v) is 3.27. The maximum Gasteiger partial charge on any atom is 0.257 e. The number of hydrogen-bond donors (Lipinski definition) is 2. The van der Waals surface area contributed by atoms with Gasteiger partial charge in [-0.2, -0.15) is 0 Å². The van der Waals surface area contributed by atoms with E-state index < -0.39 is 0 Å². The zero-order valence-electron chi connectivity index (χ0n) is 11.1. The summed E-state index contributed by atoms with van der Waals surface area (Å²) in [7, 11) is 0. The summed E-state index contributed by atoms with van der Waals surface area (Å²) >= 11 is 0. The van der Waals surface area contributed by atoms with Gasteiger partial charge in [-0.25, -0.2) is 0 Å². The Balaban J connectivity index is 2.09. The van der Waals surface area contributed by atoms with Crippen LogP contribution in [0.5, 0.6) is 5.75 Å². The predicted molar refractivity (Wildman–Crippen MR) is 71.0 cm³/mol. The number of rotatable bonds is 2. The minimum Gasteiger partial charge on any atom is -0.507 e. The Morgan fingerprint density at radius 3 is 2.84 bits per heavy atom. The third kappa shape index (κ3) is 3.05. The summed E-state index contributed by atoms with van der Waals surface area (Å²) in [5.41, 5.74) is 1.25. The fraction of sp³-hybridized carbons (Fsp3) is 0.429. The lowest BCUT2D eigenvalue weighted by Gasteiger charge is -2.17. The molecular formula is C14H18N2O3. The van der Waals surface area contributed by atoms with Crippen molar-refractivity contribution in [3.8, 4) is 5.75 Å². The van der Waals surface area contributed by atoms with Crippen LogP contribution in [0.4, 0.5) is 0 Å². The van der Waals surface area contributed by atoms with E-state index in [0.717, 1.165) is 12.0 Å². The molecule has 102 valence electrons. The quantitative estimate of drug-likeness (QED) is 0.837. The predicted octanol–water partition coefficient (Wildman–Crippen LogP) is 1.05. The van der Waals surface area contributed by atoms with Gasteiger partial charge >= 0.3 is 0 Å². The van der Waals surface area contributed by atoms with Crippen molar-refractivity contribution in [1.29, 1.82) is 0 Å². The van der Waals surface area contributed by atoms with Crippen molar-refractivity contribution in [1.82, 2.24) is 10.2 Å². The molecule has 0 radical (unpaired) electrons. The van der Waals surface area contributed by atoms with E-state index in [1.165, 1.54) is 13.0 Å². The number of amides is 2. The summed E-state index contributed by atoms with van der Waals surface area (Å²) in [6, 6.07) is 4.98. The van der Waals surface area contributed by atoms with Crippen molar-refractivity contribution < 1.29 is 14.7 Å². The largest absolute Gasteiger partial charge is 0.507 e. The molecule has 5 heteroatoms. The van der Waals surface area contributed by atoms with Crippen LogP contribution in [0.1, 0.15) is 29.3 Å². The van der Waals surface area contributed by atoms with Crippen LogP contribution < -0.4 is 5.32 Å². The minimum atomic E-state index is -0.186. The van der Waals surface area contributed by atoms with E-state index in [1.54, 1.807) is 17.0 Å². The van der Waals surface area contributed by atoms with Crippen LogP contribution >= 0.6 is 0 Å². The summed E-state index contributed by atoms with van der Waals surface area (Å²) in [5, 5.41) is 12.6. The minimum absolute atomic E-state index is 0.00132. The number of nitrogens with one attached hydrogen (secondary N) is 1. The number of nitrogens with zero attached hydrogens (tertiary/aromatic N) is 1. The highest BCUT2D eigenvalue weighted by atomic mass is 16.3. The van der Waals surface area contributed by atoms with Crippen LogP contribution in [0.2, 0.25) is 0 Å². The van der Waals surface area contributed by atoms with E-state index >= 15 is 0 Å². The molecule has 0 bridgehead atoms. The number of phenolic OH excluding ortho intramolecular Hbond substituents is 1. The van der Waals surface area contributed by atoms with Gasteiger partial charge < -0.3 is 15.3 Å². The molecule has 0 aliphatic carbocycles. The Kier molecular flexibility index (Phi) is 3.74. The van der Waals surface area contributed by atoms with Crippen LogP contribution in [0.15, 0.2) is 18.2 Å². The molecule has 1 aliphatic heterocycles. The standard InChI is InChI=1S/C14H18N2O3/c1-9-3-4-13(18)12(7-9)14(19)16-6-5-11(8-16)15-10(2)17/h3-4,7,11,18H,5-6,8H2,1-2H3,(H,15,17). The van der Waals surface area contributed by atoms with Crippen molar-refractivity contribution in [3.05, 3.63) is 29.3 Å². The van der Waals surface area contributed by atoms with Crippen LogP contribution in [0.3, 0.4) is 0 Å². The highest BCUT2D eigenvalue weighted by Crippen LogP contribution is 2.22. The average molecular weight is 262 g/mol. The van der Waals surface area contributed by atoms with Gasteiger partial charge in [0, 0.05) is 26.1 Å². The number of aromatic hydroxyl groups is 1. The highest BCUT2D eigenvalue weighted by Gasteiger charge is 2.28. The second-order valence-corrected chi connectivity index (χ2v) is 4.96. The zero-order valence-corrected chi connectivity index (χ0v) is 11.1. The molecule has 2 rings (SSSR count). The molecule has 0 spiro atoms. The monoisotopic (exact) mass is 262 g/mol. The molecule has 1 aromatic rings. The van der Waals surface area contributed by atoms with Crippen molar-refractivity contribution in [2.45, 2.75) is 26.3 Å². The number of carbonyl (C=O) groups excluding carboxylic acids is 2. The highest BCUT2D eigenvalue weighted by molar-refractivity contribution is 5.97. The number of phenols is 1. The maximum absolute atomic E-state index is 12.3.